The van der Waals surface area contributed by atoms with E-state index in [0.29, 0.717) is 10.7 Å². The Kier molecular flexibility index (Phi) is 4.88. The maximum Gasteiger partial charge on any atom is 0.270 e. The molecule has 1 aliphatic rings. The van der Waals surface area contributed by atoms with Crippen molar-refractivity contribution in [1.82, 2.24) is 9.47 Å². The van der Waals surface area contributed by atoms with Crippen molar-refractivity contribution >= 4 is 17.5 Å². The van der Waals surface area contributed by atoms with Gasteiger partial charge in [-0.1, -0.05) is 18.5 Å². The molecule has 1 aromatic rings. The molecule has 2 heterocycles. The second-order valence-corrected chi connectivity index (χ2v) is 5.50. The van der Waals surface area contributed by atoms with Gasteiger partial charge in [0.25, 0.3) is 5.91 Å². The summed E-state index contributed by atoms with van der Waals surface area (Å²) in [7, 11) is 0. The molecule has 1 fully saturated rings. The van der Waals surface area contributed by atoms with Gasteiger partial charge in [-0.25, -0.2) is 0 Å². The topological polar surface area (TPSA) is 45.5 Å². The third-order valence-corrected chi connectivity index (χ3v) is 3.85. The smallest absolute Gasteiger partial charge is 0.270 e. The maximum absolute atomic E-state index is 12.6. The van der Waals surface area contributed by atoms with Crippen molar-refractivity contribution in [2.45, 2.75) is 45.2 Å². The lowest BCUT2D eigenvalue weighted by molar-refractivity contribution is 0.0492. The lowest BCUT2D eigenvalue weighted by Gasteiger charge is -2.34. The van der Waals surface area contributed by atoms with Crippen molar-refractivity contribution < 1.29 is 9.90 Å². The van der Waals surface area contributed by atoms with Crippen LogP contribution in [-0.4, -0.2) is 39.7 Å². The number of nitrogens with zero attached hydrogens (tertiary/aromatic N) is 2. The fraction of sp³-hybridized carbons (Fsp3) is 0.643. The molecule has 0 bridgehead atoms. The van der Waals surface area contributed by atoms with Crippen LogP contribution in [0.4, 0.5) is 0 Å². The number of aliphatic hydroxyl groups excluding tert-OH is 1. The first-order chi connectivity index (χ1) is 9.17. The first-order valence-corrected chi connectivity index (χ1v) is 7.32. The molecule has 19 heavy (non-hydrogen) atoms. The standard InChI is InChI=1S/C14H21ClN2O2/c1-2-6-16-9-11(15)8-13(16)14(19)17-7-4-3-5-12(17)10-18/h8-9,12,18H,2-7,10H2,1H3. The summed E-state index contributed by atoms with van der Waals surface area (Å²) in [5, 5.41) is 10.0. The van der Waals surface area contributed by atoms with Gasteiger partial charge in [0.05, 0.1) is 17.7 Å². The third-order valence-electron chi connectivity index (χ3n) is 3.65. The molecule has 1 amide bonds. The Morgan fingerprint density at radius 3 is 3.00 bits per heavy atom. The summed E-state index contributed by atoms with van der Waals surface area (Å²) in [6.45, 7) is 3.61. The van der Waals surface area contributed by atoms with Crippen LogP contribution in [0.15, 0.2) is 12.3 Å². The zero-order valence-electron chi connectivity index (χ0n) is 11.3. The number of rotatable bonds is 4. The predicted molar refractivity (Wildman–Crippen MR) is 75.5 cm³/mol. The van der Waals surface area contributed by atoms with Gasteiger partial charge in [0.1, 0.15) is 5.69 Å². The molecule has 1 aromatic heterocycles. The molecule has 0 aromatic carbocycles. The van der Waals surface area contributed by atoms with Crippen molar-refractivity contribution in [2.75, 3.05) is 13.2 Å². The zero-order chi connectivity index (χ0) is 13.8. The summed E-state index contributed by atoms with van der Waals surface area (Å²) >= 11 is 6.01. The number of likely N-dealkylation sites (tertiary alicyclic amines) is 1. The van der Waals surface area contributed by atoms with Crippen LogP contribution in [0, 0.1) is 0 Å². The van der Waals surface area contributed by atoms with E-state index in [4.69, 9.17) is 11.6 Å². The quantitative estimate of drug-likeness (QED) is 0.923. The largest absolute Gasteiger partial charge is 0.394 e. The van der Waals surface area contributed by atoms with Gasteiger partial charge >= 0.3 is 0 Å². The Bertz CT molecular complexity index is 445. The van der Waals surface area contributed by atoms with Crippen molar-refractivity contribution in [2.24, 2.45) is 0 Å². The maximum atomic E-state index is 12.6. The SMILES string of the molecule is CCCn1cc(Cl)cc1C(=O)N1CCCCC1CO. The Balaban J connectivity index is 2.22. The molecule has 1 saturated heterocycles. The molecule has 0 spiro atoms. The summed E-state index contributed by atoms with van der Waals surface area (Å²) in [6, 6.07) is 1.67. The number of piperidine rings is 1. The molecule has 106 valence electrons. The van der Waals surface area contributed by atoms with Crippen LogP contribution in [0.3, 0.4) is 0 Å². The van der Waals surface area contributed by atoms with E-state index in [2.05, 4.69) is 6.92 Å². The van der Waals surface area contributed by atoms with Crippen LogP contribution < -0.4 is 0 Å². The van der Waals surface area contributed by atoms with Crippen LogP contribution in [0.2, 0.25) is 5.02 Å². The number of amides is 1. The fourth-order valence-electron chi connectivity index (χ4n) is 2.68. The fourth-order valence-corrected chi connectivity index (χ4v) is 2.91. The van der Waals surface area contributed by atoms with Gasteiger partial charge < -0.3 is 14.6 Å². The van der Waals surface area contributed by atoms with Crippen molar-refractivity contribution in [3.63, 3.8) is 0 Å². The monoisotopic (exact) mass is 284 g/mol. The summed E-state index contributed by atoms with van der Waals surface area (Å²) in [4.78, 5) is 14.4. The minimum absolute atomic E-state index is 0.0147. The number of hydrogen-bond acceptors (Lipinski definition) is 2. The van der Waals surface area contributed by atoms with E-state index in [-0.39, 0.29) is 18.6 Å². The lowest BCUT2D eigenvalue weighted by Crippen LogP contribution is -2.46. The van der Waals surface area contributed by atoms with Crippen molar-refractivity contribution in [3.8, 4) is 0 Å². The van der Waals surface area contributed by atoms with Gasteiger partial charge in [0.2, 0.25) is 0 Å². The predicted octanol–water partition coefficient (Wildman–Crippen LogP) is 2.54. The second kappa shape index (κ2) is 6.44. The minimum Gasteiger partial charge on any atom is -0.394 e. The normalized spacial score (nSPS) is 19.7. The first-order valence-electron chi connectivity index (χ1n) is 6.95. The van der Waals surface area contributed by atoms with Gasteiger partial charge in [0.15, 0.2) is 0 Å². The Labute approximate surface area is 119 Å². The van der Waals surface area contributed by atoms with Crippen LogP contribution in [0.25, 0.3) is 0 Å². The molecule has 2 rings (SSSR count). The van der Waals surface area contributed by atoms with E-state index in [9.17, 15) is 9.90 Å². The number of aliphatic hydroxyl groups is 1. The number of aryl methyl sites for hydroxylation is 1. The highest BCUT2D eigenvalue weighted by Gasteiger charge is 2.28. The molecule has 1 atom stereocenters. The highest BCUT2D eigenvalue weighted by molar-refractivity contribution is 6.31. The molecule has 0 aliphatic carbocycles. The lowest BCUT2D eigenvalue weighted by atomic mass is 10.0. The molecular weight excluding hydrogens is 264 g/mol. The molecule has 1 unspecified atom stereocenters. The van der Waals surface area contributed by atoms with E-state index < -0.39 is 0 Å². The number of halogens is 1. The number of carbonyl (C=O) groups excluding carboxylic acids is 1. The number of carbonyl (C=O) groups is 1. The van der Waals surface area contributed by atoms with Crippen LogP contribution in [0.1, 0.15) is 43.1 Å². The average Bonchev–Trinajstić information content (AvgIpc) is 2.79. The second-order valence-electron chi connectivity index (χ2n) is 5.07. The summed E-state index contributed by atoms with van der Waals surface area (Å²) in [6.07, 6.45) is 5.71. The van der Waals surface area contributed by atoms with Crippen molar-refractivity contribution in [3.05, 3.63) is 23.0 Å². The number of hydrogen-bond donors (Lipinski definition) is 1. The Hall–Kier alpha value is -1.00. The number of aromatic nitrogens is 1. The highest BCUT2D eigenvalue weighted by atomic mass is 35.5. The van der Waals surface area contributed by atoms with Gasteiger partial charge in [-0.3, -0.25) is 4.79 Å². The van der Waals surface area contributed by atoms with E-state index in [1.54, 1.807) is 17.2 Å². The van der Waals surface area contributed by atoms with Crippen LogP contribution >= 0.6 is 11.6 Å². The van der Waals surface area contributed by atoms with E-state index in [1.165, 1.54) is 0 Å². The minimum atomic E-state index is -0.0509. The Morgan fingerprint density at radius 2 is 2.32 bits per heavy atom. The van der Waals surface area contributed by atoms with Crippen molar-refractivity contribution in [1.29, 1.82) is 0 Å². The molecule has 0 radical (unpaired) electrons. The van der Waals surface area contributed by atoms with E-state index >= 15 is 0 Å². The molecule has 0 saturated carbocycles. The molecule has 4 nitrogen and oxygen atoms in total. The molecule has 1 N–H and O–H groups in total. The first kappa shape index (κ1) is 14.4. The van der Waals surface area contributed by atoms with E-state index in [0.717, 1.165) is 38.8 Å². The summed E-state index contributed by atoms with van der Waals surface area (Å²) in [5.41, 5.74) is 0.632. The van der Waals surface area contributed by atoms with Gasteiger partial charge in [-0.05, 0) is 31.7 Å². The van der Waals surface area contributed by atoms with Gasteiger partial charge in [0, 0.05) is 19.3 Å². The van der Waals surface area contributed by atoms with E-state index in [1.807, 2.05) is 4.57 Å². The van der Waals surface area contributed by atoms with Crippen LogP contribution in [0.5, 0.6) is 0 Å². The van der Waals surface area contributed by atoms with Gasteiger partial charge in [-0.2, -0.15) is 0 Å². The highest BCUT2D eigenvalue weighted by Crippen LogP contribution is 2.22. The average molecular weight is 285 g/mol. The molecular formula is C14H21ClN2O2. The van der Waals surface area contributed by atoms with Crippen LogP contribution in [-0.2, 0) is 6.54 Å². The zero-order valence-corrected chi connectivity index (χ0v) is 12.1. The van der Waals surface area contributed by atoms with Gasteiger partial charge in [-0.15, -0.1) is 0 Å². The third kappa shape index (κ3) is 3.12. The summed E-state index contributed by atoms with van der Waals surface area (Å²) in [5.74, 6) is -0.0147. The molecule has 1 aliphatic heterocycles. The summed E-state index contributed by atoms with van der Waals surface area (Å²) < 4.78 is 1.91. The molecule has 5 heteroatoms. The Morgan fingerprint density at radius 1 is 1.53 bits per heavy atom.